The highest BCUT2D eigenvalue weighted by Crippen LogP contribution is 2.45. The lowest BCUT2D eigenvalue weighted by Crippen LogP contribution is -2.20. The number of aromatic hydroxyl groups is 1. The van der Waals surface area contributed by atoms with E-state index < -0.39 is 0 Å². The van der Waals surface area contributed by atoms with Gasteiger partial charge in [0.05, 0.1) is 12.1 Å². The van der Waals surface area contributed by atoms with E-state index in [0.717, 1.165) is 0 Å². The number of ketones is 1. The molecule has 2 N–H and O–H groups in total. The molecule has 0 atom stereocenters. The lowest BCUT2D eigenvalue weighted by molar-refractivity contribution is 0.0989. The molecule has 17 heavy (non-hydrogen) atoms. The van der Waals surface area contributed by atoms with E-state index in [9.17, 15) is 9.90 Å². The predicted molar refractivity (Wildman–Crippen MR) is 65.1 cm³/mol. The Kier molecular flexibility index (Phi) is 3.54. The van der Waals surface area contributed by atoms with Crippen LogP contribution >= 0.6 is 15.9 Å². The summed E-state index contributed by atoms with van der Waals surface area (Å²) in [6.45, 7) is 1.01. The molecule has 1 aromatic rings. The number of nitrogens with one attached hydrogen (secondary N) is 1. The topological polar surface area (TPSA) is 67.8 Å². The minimum Gasteiger partial charge on any atom is -0.506 e. The van der Waals surface area contributed by atoms with Crippen molar-refractivity contribution in [3.8, 4) is 17.2 Å². The molecule has 0 aromatic heterocycles. The second-order valence-corrected chi connectivity index (χ2v) is 4.36. The first-order valence-electron chi connectivity index (χ1n) is 5.14. The monoisotopic (exact) mass is 301 g/mol. The number of fused-ring (bicyclic) bond motifs is 1. The molecule has 0 radical (unpaired) electrons. The van der Waals surface area contributed by atoms with Gasteiger partial charge in [-0.2, -0.15) is 0 Å². The minimum absolute atomic E-state index is 0.116. The van der Waals surface area contributed by atoms with Crippen LogP contribution in [0.5, 0.6) is 17.2 Å². The van der Waals surface area contributed by atoms with Gasteiger partial charge < -0.3 is 19.9 Å². The van der Waals surface area contributed by atoms with Crippen LogP contribution in [0.3, 0.4) is 0 Å². The van der Waals surface area contributed by atoms with Crippen molar-refractivity contribution < 1.29 is 19.4 Å². The molecule has 6 heteroatoms. The molecule has 1 heterocycles. The van der Waals surface area contributed by atoms with Crippen LogP contribution < -0.4 is 14.8 Å². The third-order valence-corrected chi connectivity index (χ3v) is 3.12. The van der Waals surface area contributed by atoms with Gasteiger partial charge in [-0.05, 0) is 29.0 Å². The van der Waals surface area contributed by atoms with Gasteiger partial charge in [0.2, 0.25) is 0 Å². The van der Waals surface area contributed by atoms with Crippen LogP contribution in [0.25, 0.3) is 0 Å². The molecule has 0 amide bonds. The highest BCUT2D eigenvalue weighted by Gasteiger charge is 2.23. The summed E-state index contributed by atoms with van der Waals surface area (Å²) < 4.78 is 11.1. The number of ether oxygens (including phenoxy) is 2. The molecule has 2 rings (SSSR count). The van der Waals surface area contributed by atoms with E-state index in [-0.39, 0.29) is 23.6 Å². The van der Waals surface area contributed by atoms with Crippen molar-refractivity contribution in [1.29, 1.82) is 0 Å². The Morgan fingerprint density at radius 2 is 2.24 bits per heavy atom. The first-order chi connectivity index (χ1) is 8.15. The van der Waals surface area contributed by atoms with Gasteiger partial charge in [-0.15, -0.1) is 0 Å². The maximum atomic E-state index is 11.8. The first-order valence-corrected chi connectivity index (χ1v) is 5.93. The highest BCUT2D eigenvalue weighted by atomic mass is 79.9. The van der Waals surface area contributed by atoms with Gasteiger partial charge in [0.25, 0.3) is 0 Å². The van der Waals surface area contributed by atoms with Crippen LogP contribution in [0.4, 0.5) is 0 Å². The highest BCUT2D eigenvalue weighted by molar-refractivity contribution is 9.10. The SMILES string of the molecule is CNCC(=O)c1cc2c(c(Br)c1O)OCCO2. The van der Waals surface area contributed by atoms with E-state index >= 15 is 0 Å². The van der Waals surface area contributed by atoms with E-state index in [2.05, 4.69) is 21.2 Å². The number of halogens is 1. The zero-order valence-electron chi connectivity index (χ0n) is 9.25. The van der Waals surface area contributed by atoms with E-state index in [4.69, 9.17) is 9.47 Å². The molecule has 0 aliphatic carbocycles. The average Bonchev–Trinajstić information content (AvgIpc) is 2.34. The Morgan fingerprint density at radius 3 is 2.94 bits per heavy atom. The molecule has 1 aliphatic heterocycles. The van der Waals surface area contributed by atoms with Gasteiger partial charge in [0.1, 0.15) is 23.4 Å². The Bertz CT molecular complexity index is 461. The van der Waals surface area contributed by atoms with Crippen LogP contribution in [0.15, 0.2) is 10.5 Å². The summed E-state index contributed by atoms with van der Waals surface area (Å²) in [7, 11) is 1.67. The van der Waals surface area contributed by atoms with E-state index in [0.29, 0.717) is 29.2 Å². The number of benzene rings is 1. The Morgan fingerprint density at radius 1 is 1.53 bits per heavy atom. The van der Waals surface area contributed by atoms with Gasteiger partial charge in [0, 0.05) is 0 Å². The normalized spacial score (nSPS) is 13.5. The van der Waals surface area contributed by atoms with Gasteiger partial charge in [-0.25, -0.2) is 0 Å². The van der Waals surface area contributed by atoms with Crippen molar-refractivity contribution in [2.75, 3.05) is 26.8 Å². The molecule has 0 unspecified atom stereocenters. The van der Waals surface area contributed by atoms with Crippen molar-refractivity contribution in [2.45, 2.75) is 0 Å². The van der Waals surface area contributed by atoms with Gasteiger partial charge in [-0.3, -0.25) is 4.79 Å². The molecule has 0 fully saturated rings. The number of hydrogen-bond acceptors (Lipinski definition) is 5. The van der Waals surface area contributed by atoms with Crippen LogP contribution in [0.2, 0.25) is 0 Å². The van der Waals surface area contributed by atoms with Crippen molar-refractivity contribution >= 4 is 21.7 Å². The summed E-state index contributed by atoms with van der Waals surface area (Å²) in [5.74, 6) is 0.590. The van der Waals surface area contributed by atoms with Gasteiger partial charge in [-0.1, -0.05) is 0 Å². The maximum absolute atomic E-state index is 11.8. The Balaban J connectivity index is 2.47. The van der Waals surface area contributed by atoms with Gasteiger partial charge in [0.15, 0.2) is 17.3 Å². The Labute approximate surface area is 107 Å². The number of phenols is 1. The second-order valence-electron chi connectivity index (χ2n) is 3.56. The van der Waals surface area contributed by atoms with Crippen LogP contribution in [-0.2, 0) is 0 Å². The summed E-state index contributed by atoms with van der Waals surface area (Å²) >= 11 is 3.21. The van der Waals surface area contributed by atoms with Crippen molar-refractivity contribution in [1.82, 2.24) is 5.32 Å². The number of carbonyl (C=O) groups is 1. The summed E-state index contributed by atoms with van der Waals surface area (Å²) in [5, 5.41) is 12.7. The largest absolute Gasteiger partial charge is 0.506 e. The number of likely N-dealkylation sites (N-methyl/N-ethyl adjacent to an activating group) is 1. The van der Waals surface area contributed by atoms with Crippen molar-refractivity contribution in [2.24, 2.45) is 0 Å². The third-order valence-electron chi connectivity index (χ3n) is 2.39. The number of hydrogen-bond donors (Lipinski definition) is 2. The number of rotatable bonds is 3. The van der Waals surface area contributed by atoms with Crippen LogP contribution in [0.1, 0.15) is 10.4 Å². The van der Waals surface area contributed by atoms with Crippen LogP contribution in [0, 0.1) is 0 Å². The molecule has 0 spiro atoms. The summed E-state index contributed by atoms with van der Waals surface area (Å²) in [4.78, 5) is 11.8. The third kappa shape index (κ3) is 2.23. The van der Waals surface area contributed by atoms with Gasteiger partial charge >= 0.3 is 0 Å². The second kappa shape index (κ2) is 4.93. The number of phenolic OH excluding ortho intramolecular Hbond substituents is 1. The minimum atomic E-state index is -0.206. The molecule has 92 valence electrons. The van der Waals surface area contributed by atoms with E-state index in [1.54, 1.807) is 7.05 Å². The van der Waals surface area contributed by atoms with Crippen molar-refractivity contribution in [3.05, 3.63) is 16.1 Å². The lowest BCUT2D eigenvalue weighted by Gasteiger charge is -2.21. The van der Waals surface area contributed by atoms with Crippen LogP contribution in [-0.4, -0.2) is 37.7 Å². The zero-order chi connectivity index (χ0) is 12.4. The lowest BCUT2D eigenvalue weighted by atomic mass is 10.1. The molecule has 0 saturated heterocycles. The summed E-state index contributed by atoms with van der Waals surface area (Å²) in [5.41, 5.74) is 0.218. The zero-order valence-corrected chi connectivity index (χ0v) is 10.8. The number of Topliss-reactive ketones (excluding diaryl/α,β-unsaturated/α-hetero) is 1. The van der Waals surface area contributed by atoms with E-state index in [1.165, 1.54) is 6.07 Å². The molecule has 0 bridgehead atoms. The Hall–Kier alpha value is -1.27. The average molecular weight is 302 g/mol. The number of carbonyl (C=O) groups excluding carboxylic acids is 1. The predicted octanol–water partition coefficient (Wildman–Crippen LogP) is 1.33. The van der Waals surface area contributed by atoms with E-state index in [1.807, 2.05) is 0 Å². The molecule has 1 aromatic carbocycles. The van der Waals surface area contributed by atoms with Crippen molar-refractivity contribution in [3.63, 3.8) is 0 Å². The molecular formula is C11H12BrNO4. The molecule has 1 aliphatic rings. The fourth-order valence-corrected chi connectivity index (χ4v) is 2.13. The quantitative estimate of drug-likeness (QED) is 0.825. The standard InChI is InChI=1S/C11H12BrNO4/c1-13-5-7(14)6-4-8-11(9(12)10(6)15)17-3-2-16-8/h4,13,15H,2-3,5H2,1H3. The summed E-state index contributed by atoms with van der Waals surface area (Å²) in [6, 6.07) is 1.51. The maximum Gasteiger partial charge on any atom is 0.180 e. The fraction of sp³-hybridized carbons (Fsp3) is 0.364. The molecule has 5 nitrogen and oxygen atoms in total. The summed E-state index contributed by atoms with van der Waals surface area (Å²) in [6.07, 6.45) is 0. The smallest absolute Gasteiger partial charge is 0.180 e. The molecule has 0 saturated carbocycles. The fourth-order valence-electron chi connectivity index (χ4n) is 1.60. The molecular weight excluding hydrogens is 290 g/mol. The first kappa shape index (κ1) is 12.2.